The molecule has 22 heavy (non-hydrogen) atoms. The van der Waals surface area contributed by atoms with Gasteiger partial charge in [0.15, 0.2) is 0 Å². The Hall–Kier alpha value is -2.03. The van der Waals surface area contributed by atoms with E-state index in [0.717, 1.165) is 14.3 Å². The summed E-state index contributed by atoms with van der Waals surface area (Å²) >= 11 is 2.18. The minimum absolute atomic E-state index is 0.234. The highest BCUT2D eigenvalue weighted by Gasteiger charge is 2.41. The minimum Gasteiger partial charge on any atom is -0.295 e. The molecule has 1 atom stereocenters. The molecule has 2 aromatic rings. The van der Waals surface area contributed by atoms with Gasteiger partial charge in [-0.25, -0.2) is 4.98 Å². The van der Waals surface area contributed by atoms with Crippen LogP contribution in [0.25, 0.3) is 10.8 Å². The highest BCUT2D eigenvalue weighted by Crippen LogP contribution is 2.39. The highest BCUT2D eigenvalue weighted by atomic mass is 127. The van der Waals surface area contributed by atoms with Crippen LogP contribution in [-0.4, -0.2) is 28.7 Å². The minimum atomic E-state index is -0.664. The summed E-state index contributed by atoms with van der Waals surface area (Å²) in [5.41, 5.74) is 1.06. The lowest BCUT2D eigenvalue weighted by molar-refractivity contribution is -0.134. The van der Waals surface area contributed by atoms with E-state index in [2.05, 4.69) is 32.9 Å². The monoisotopic (exact) mass is 407 g/mol. The second-order valence-corrected chi connectivity index (χ2v) is 6.46. The van der Waals surface area contributed by atoms with Crippen molar-refractivity contribution in [3.05, 3.63) is 33.7 Å². The molecule has 1 N–H and O–H groups in total. The van der Waals surface area contributed by atoms with E-state index in [-0.39, 0.29) is 18.2 Å². The average molecular weight is 407 g/mol. The van der Waals surface area contributed by atoms with Crippen LogP contribution in [0.2, 0.25) is 0 Å². The first-order valence-electron chi connectivity index (χ1n) is 6.82. The van der Waals surface area contributed by atoms with Crippen LogP contribution < -0.4 is 10.2 Å². The van der Waals surface area contributed by atoms with Crippen LogP contribution in [-0.2, 0) is 9.59 Å². The molecule has 4 rings (SSSR count). The molecule has 0 bridgehead atoms. The van der Waals surface area contributed by atoms with E-state index in [0.29, 0.717) is 17.8 Å². The van der Waals surface area contributed by atoms with Crippen LogP contribution >= 0.6 is 22.6 Å². The van der Waals surface area contributed by atoms with Crippen LogP contribution in [0, 0.1) is 3.57 Å². The normalized spacial score (nSPS) is 20.7. The van der Waals surface area contributed by atoms with E-state index in [9.17, 15) is 14.4 Å². The van der Waals surface area contributed by atoms with Gasteiger partial charge in [-0.05, 0) is 35.1 Å². The number of hydrogen-bond donors (Lipinski definition) is 1. The molecule has 110 valence electrons. The maximum atomic E-state index is 12.7. The Bertz CT molecular complexity index is 864. The number of piperidine rings is 1. The first-order chi connectivity index (χ1) is 10.6. The van der Waals surface area contributed by atoms with Gasteiger partial charge in [0.2, 0.25) is 11.8 Å². The predicted molar refractivity (Wildman–Crippen MR) is 87.4 cm³/mol. The molecule has 1 fully saturated rings. The SMILES string of the molecule is O=C1CCC(N2C(=O)c3ncc(I)c4cccc2c34)C(=O)N1. The molecule has 0 saturated carbocycles. The van der Waals surface area contributed by atoms with Crippen molar-refractivity contribution < 1.29 is 14.4 Å². The molecule has 3 heterocycles. The summed E-state index contributed by atoms with van der Waals surface area (Å²) in [5, 5.41) is 4.04. The lowest BCUT2D eigenvalue weighted by Crippen LogP contribution is -2.53. The number of benzene rings is 1. The number of amides is 3. The molecule has 1 unspecified atom stereocenters. The molecular weight excluding hydrogens is 397 g/mol. The van der Waals surface area contributed by atoms with Gasteiger partial charge in [-0.2, -0.15) is 0 Å². The van der Waals surface area contributed by atoms with Gasteiger partial charge >= 0.3 is 0 Å². The standard InChI is InChI=1S/C15H10IN3O3/c16-8-6-17-13-12-7(8)2-1-3-9(12)19(15(13)22)10-4-5-11(20)18-14(10)21/h1-3,6,10H,4-5H2,(H,18,20,21). The molecule has 3 amide bonds. The number of pyridine rings is 1. The van der Waals surface area contributed by atoms with Crippen molar-refractivity contribution in [2.75, 3.05) is 4.90 Å². The summed E-state index contributed by atoms with van der Waals surface area (Å²) in [5.74, 6) is -1.00. The third-order valence-electron chi connectivity index (χ3n) is 4.05. The number of imide groups is 1. The fourth-order valence-corrected chi connectivity index (χ4v) is 3.66. The molecule has 0 radical (unpaired) electrons. The summed E-state index contributed by atoms with van der Waals surface area (Å²) < 4.78 is 0.955. The van der Waals surface area contributed by atoms with E-state index in [1.54, 1.807) is 6.20 Å². The predicted octanol–water partition coefficient (Wildman–Crippen LogP) is 1.60. The van der Waals surface area contributed by atoms with Gasteiger partial charge in [0.1, 0.15) is 11.7 Å². The number of halogens is 1. The Morgan fingerprint density at radius 1 is 1.27 bits per heavy atom. The molecule has 2 aliphatic heterocycles. The molecule has 7 heteroatoms. The Kier molecular flexibility index (Phi) is 2.93. The van der Waals surface area contributed by atoms with Crippen molar-refractivity contribution in [2.45, 2.75) is 18.9 Å². The number of carbonyl (C=O) groups excluding carboxylic acids is 3. The summed E-state index contributed by atoms with van der Waals surface area (Å²) in [6, 6.07) is 4.95. The first-order valence-corrected chi connectivity index (χ1v) is 7.90. The van der Waals surface area contributed by atoms with Gasteiger partial charge in [-0.15, -0.1) is 0 Å². The third-order valence-corrected chi connectivity index (χ3v) is 4.91. The van der Waals surface area contributed by atoms with E-state index < -0.39 is 11.9 Å². The van der Waals surface area contributed by atoms with Crippen molar-refractivity contribution in [1.82, 2.24) is 10.3 Å². The number of rotatable bonds is 1. The summed E-state index contributed by atoms with van der Waals surface area (Å²) in [4.78, 5) is 41.9. The maximum absolute atomic E-state index is 12.7. The average Bonchev–Trinajstić information content (AvgIpc) is 2.77. The zero-order valence-corrected chi connectivity index (χ0v) is 13.5. The maximum Gasteiger partial charge on any atom is 0.278 e. The summed E-state index contributed by atoms with van der Waals surface area (Å²) in [7, 11) is 0. The second-order valence-electron chi connectivity index (χ2n) is 5.30. The number of aromatic nitrogens is 1. The molecule has 1 aromatic carbocycles. The van der Waals surface area contributed by atoms with Crippen molar-refractivity contribution in [2.24, 2.45) is 0 Å². The van der Waals surface area contributed by atoms with Crippen molar-refractivity contribution >= 4 is 56.8 Å². The lowest BCUT2D eigenvalue weighted by atomic mass is 10.0. The molecular formula is C15H10IN3O3. The van der Waals surface area contributed by atoms with E-state index in [1.807, 2.05) is 18.2 Å². The fraction of sp³-hybridized carbons (Fsp3) is 0.200. The highest BCUT2D eigenvalue weighted by molar-refractivity contribution is 14.1. The first kappa shape index (κ1) is 13.6. The molecule has 2 aliphatic rings. The molecule has 1 saturated heterocycles. The summed E-state index contributed by atoms with van der Waals surface area (Å²) in [6.45, 7) is 0. The Labute approximate surface area is 139 Å². The van der Waals surface area contributed by atoms with Crippen molar-refractivity contribution in [3.8, 4) is 0 Å². The Balaban J connectivity index is 1.89. The quantitative estimate of drug-likeness (QED) is 0.576. The van der Waals surface area contributed by atoms with Crippen LogP contribution in [0.5, 0.6) is 0 Å². The van der Waals surface area contributed by atoms with E-state index in [1.165, 1.54) is 4.90 Å². The number of nitrogens with zero attached hydrogens (tertiary/aromatic N) is 2. The third kappa shape index (κ3) is 1.78. The number of carbonyl (C=O) groups is 3. The number of nitrogens with one attached hydrogen (secondary N) is 1. The topological polar surface area (TPSA) is 79.4 Å². The Morgan fingerprint density at radius 3 is 2.86 bits per heavy atom. The van der Waals surface area contributed by atoms with Gasteiger partial charge in [0, 0.05) is 27.0 Å². The van der Waals surface area contributed by atoms with Crippen LogP contribution in [0.1, 0.15) is 23.3 Å². The number of anilines is 1. The van der Waals surface area contributed by atoms with Crippen molar-refractivity contribution in [1.29, 1.82) is 0 Å². The van der Waals surface area contributed by atoms with Gasteiger partial charge in [-0.3, -0.25) is 24.6 Å². The van der Waals surface area contributed by atoms with Gasteiger partial charge < -0.3 is 0 Å². The molecule has 1 aromatic heterocycles. The van der Waals surface area contributed by atoms with Gasteiger partial charge in [0.25, 0.3) is 5.91 Å². The largest absolute Gasteiger partial charge is 0.295 e. The molecule has 0 aliphatic carbocycles. The van der Waals surface area contributed by atoms with Crippen LogP contribution in [0.15, 0.2) is 24.4 Å². The van der Waals surface area contributed by atoms with Gasteiger partial charge in [0.05, 0.1) is 5.69 Å². The smallest absolute Gasteiger partial charge is 0.278 e. The van der Waals surface area contributed by atoms with Crippen LogP contribution in [0.3, 0.4) is 0 Å². The zero-order valence-electron chi connectivity index (χ0n) is 11.3. The molecule has 0 spiro atoms. The summed E-state index contributed by atoms with van der Waals surface area (Å²) in [6.07, 6.45) is 2.23. The van der Waals surface area contributed by atoms with Gasteiger partial charge in [-0.1, -0.05) is 12.1 Å². The fourth-order valence-electron chi connectivity index (χ4n) is 3.07. The van der Waals surface area contributed by atoms with E-state index in [4.69, 9.17) is 0 Å². The van der Waals surface area contributed by atoms with Crippen LogP contribution in [0.4, 0.5) is 5.69 Å². The Morgan fingerprint density at radius 2 is 2.09 bits per heavy atom. The lowest BCUT2D eigenvalue weighted by Gasteiger charge is -2.29. The zero-order chi connectivity index (χ0) is 15.4. The van der Waals surface area contributed by atoms with E-state index >= 15 is 0 Å². The molecule has 6 nitrogen and oxygen atoms in total. The second kappa shape index (κ2) is 4.73. The van der Waals surface area contributed by atoms with Crippen molar-refractivity contribution in [3.63, 3.8) is 0 Å². The number of hydrogen-bond acceptors (Lipinski definition) is 4.